The third kappa shape index (κ3) is 5.02. The van der Waals surface area contributed by atoms with Gasteiger partial charge in [0, 0.05) is 22.2 Å². The molecule has 0 spiro atoms. The molecule has 31 heavy (non-hydrogen) atoms. The van der Waals surface area contributed by atoms with E-state index >= 15 is 0 Å². The zero-order valence-corrected chi connectivity index (χ0v) is 18.0. The topological polar surface area (TPSA) is 49.4 Å². The van der Waals surface area contributed by atoms with Crippen LogP contribution in [0.3, 0.4) is 0 Å². The van der Waals surface area contributed by atoms with Crippen molar-refractivity contribution in [3.05, 3.63) is 88.4 Å². The minimum Gasteiger partial charge on any atom is -0.351 e. The Hall–Kier alpha value is -2.99. The number of benzene rings is 2. The third-order valence-electron chi connectivity index (χ3n) is 5.62. The third-order valence-corrected chi connectivity index (χ3v) is 6.49. The van der Waals surface area contributed by atoms with Crippen molar-refractivity contribution < 1.29 is 14.0 Å². The van der Waals surface area contributed by atoms with Crippen LogP contribution in [-0.2, 0) is 16.0 Å². The lowest BCUT2D eigenvalue weighted by Crippen LogP contribution is -2.47. The molecular formula is C25H25FN2O2S. The number of halogens is 1. The minimum atomic E-state index is -1.09. The van der Waals surface area contributed by atoms with Crippen molar-refractivity contribution in [1.29, 1.82) is 0 Å². The van der Waals surface area contributed by atoms with Crippen molar-refractivity contribution in [3.63, 3.8) is 0 Å². The second-order valence-electron chi connectivity index (χ2n) is 7.77. The fraction of sp³-hybridized carbons (Fsp3) is 0.280. The lowest BCUT2D eigenvalue weighted by molar-refractivity contribution is -0.127. The highest BCUT2D eigenvalue weighted by Gasteiger charge is 2.35. The molecule has 4 nitrogen and oxygen atoms in total. The summed E-state index contributed by atoms with van der Waals surface area (Å²) in [5.41, 5.74) is 0.764. The number of para-hydroxylation sites is 1. The Morgan fingerprint density at radius 2 is 1.71 bits per heavy atom. The molecule has 1 aliphatic carbocycles. The molecule has 3 aromatic rings. The molecule has 1 fully saturated rings. The van der Waals surface area contributed by atoms with E-state index in [-0.39, 0.29) is 29.8 Å². The van der Waals surface area contributed by atoms with E-state index in [1.54, 1.807) is 30.3 Å². The first kappa shape index (κ1) is 21.2. The number of hydrogen-bond donors (Lipinski definition) is 1. The first-order chi connectivity index (χ1) is 15.1. The van der Waals surface area contributed by atoms with Gasteiger partial charge in [-0.25, -0.2) is 4.39 Å². The number of carbonyl (C=O) groups excluding carboxylic acids is 2. The normalized spacial score (nSPS) is 14.9. The molecule has 0 bridgehead atoms. The molecule has 0 saturated heterocycles. The molecule has 1 unspecified atom stereocenters. The maximum Gasteiger partial charge on any atom is 0.248 e. The quantitative estimate of drug-likeness (QED) is 0.549. The average Bonchev–Trinajstić information content (AvgIpc) is 3.47. The average molecular weight is 437 g/mol. The van der Waals surface area contributed by atoms with Gasteiger partial charge in [-0.3, -0.25) is 14.5 Å². The molecule has 2 aromatic carbocycles. The summed E-state index contributed by atoms with van der Waals surface area (Å²) in [4.78, 5) is 29.4. The van der Waals surface area contributed by atoms with Gasteiger partial charge in [0.15, 0.2) is 0 Å². The number of amides is 2. The largest absolute Gasteiger partial charge is 0.351 e. The second kappa shape index (κ2) is 9.88. The predicted molar refractivity (Wildman–Crippen MR) is 121 cm³/mol. The highest BCUT2D eigenvalue weighted by atomic mass is 32.1. The van der Waals surface area contributed by atoms with Crippen molar-refractivity contribution in [2.45, 2.75) is 44.2 Å². The lowest BCUT2D eigenvalue weighted by atomic mass is 10.0. The molecule has 2 amide bonds. The van der Waals surface area contributed by atoms with Gasteiger partial charge < -0.3 is 5.32 Å². The molecule has 0 radical (unpaired) electrons. The van der Waals surface area contributed by atoms with Gasteiger partial charge in [-0.2, -0.15) is 0 Å². The predicted octanol–water partition coefficient (Wildman–Crippen LogP) is 5.26. The van der Waals surface area contributed by atoms with Crippen molar-refractivity contribution in [1.82, 2.24) is 5.32 Å². The van der Waals surface area contributed by atoms with Crippen LogP contribution in [0.25, 0.3) is 0 Å². The monoisotopic (exact) mass is 436 g/mol. The zero-order valence-electron chi connectivity index (χ0n) is 17.2. The molecule has 6 heteroatoms. The lowest BCUT2D eigenvalue weighted by Gasteiger charge is -2.32. The van der Waals surface area contributed by atoms with Gasteiger partial charge in [-0.05, 0) is 42.5 Å². The van der Waals surface area contributed by atoms with Crippen LogP contribution in [0.4, 0.5) is 10.1 Å². The maximum absolute atomic E-state index is 14.9. The van der Waals surface area contributed by atoms with Crippen LogP contribution in [0, 0.1) is 5.82 Å². The van der Waals surface area contributed by atoms with E-state index in [0.717, 1.165) is 30.6 Å². The SMILES string of the molecule is O=C(NC1CCCC1)C(c1ccccc1F)N(C(=O)Cc1cccs1)c1ccccc1. The van der Waals surface area contributed by atoms with Gasteiger partial charge in [0.25, 0.3) is 0 Å². The Labute approximate surface area is 185 Å². The summed E-state index contributed by atoms with van der Waals surface area (Å²) in [6.45, 7) is 0. The van der Waals surface area contributed by atoms with Gasteiger partial charge in [0.1, 0.15) is 11.9 Å². The first-order valence-electron chi connectivity index (χ1n) is 10.6. The van der Waals surface area contributed by atoms with Gasteiger partial charge in [-0.15, -0.1) is 11.3 Å². The molecule has 4 rings (SSSR count). The number of rotatable bonds is 7. The smallest absolute Gasteiger partial charge is 0.248 e. The summed E-state index contributed by atoms with van der Waals surface area (Å²) in [6, 6.07) is 18.0. The first-order valence-corrected chi connectivity index (χ1v) is 11.5. The Bertz CT molecular complexity index is 1020. The van der Waals surface area contributed by atoms with E-state index in [1.807, 2.05) is 35.7 Å². The number of nitrogens with zero attached hydrogens (tertiary/aromatic N) is 1. The molecular weight excluding hydrogens is 411 g/mol. The van der Waals surface area contributed by atoms with Crippen LogP contribution < -0.4 is 10.2 Å². The van der Waals surface area contributed by atoms with Gasteiger partial charge in [0.2, 0.25) is 11.8 Å². The molecule has 0 aliphatic heterocycles. The zero-order chi connectivity index (χ0) is 21.6. The molecule has 1 N–H and O–H groups in total. The van der Waals surface area contributed by atoms with E-state index in [9.17, 15) is 14.0 Å². The van der Waals surface area contributed by atoms with Crippen LogP contribution >= 0.6 is 11.3 Å². The summed E-state index contributed by atoms with van der Waals surface area (Å²) in [5, 5.41) is 4.99. The van der Waals surface area contributed by atoms with Gasteiger partial charge >= 0.3 is 0 Å². The Morgan fingerprint density at radius 1 is 1.00 bits per heavy atom. The Kier molecular flexibility index (Phi) is 6.77. The second-order valence-corrected chi connectivity index (χ2v) is 8.80. The van der Waals surface area contributed by atoms with Crippen LogP contribution in [0.1, 0.15) is 42.2 Å². The molecule has 1 aliphatic rings. The van der Waals surface area contributed by atoms with Crippen molar-refractivity contribution in [2.75, 3.05) is 4.90 Å². The van der Waals surface area contributed by atoms with Crippen molar-refractivity contribution in [3.8, 4) is 0 Å². The van der Waals surface area contributed by atoms with E-state index in [2.05, 4.69) is 5.32 Å². The highest BCUT2D eigenvalue weighted by Crippen LogP contribution is 2.31. The summed E-state index contributed by atoms with van der Waals surface area (Å²) in [5.74, 6) is -1.09. The fourth-order valence-corrected chi connectivity index (χ4v) is 4.81. The molecule has 1 aromatic heterocycles. The van der Waals surface area contributed by atoms with E-state index < -0.39 is 11.9 Å². The van der Waals surface area contributed by atoms with Crippen LogP contribution in [0.5, 0.6) is 0 Å². The van der Waals surface area contributed by atoms with E-state index in [4.69, 9.17) is 0 Å². The Morgan fingerprint density at radius 3 is 2.39 bits per heavy atom. The minimum absolute atomic E-state index is 0.0618. The summed E-state index contributed by atoms with van der Waals surface area (Å²) >= 11 is 1.49. The maximum atomic E-state index is 14.9. The van der Waals surface area contributed by atoms with Gasteiger partial charge in [-0.1, -0.05) is 55.3 Å². The Balaban J connectivity index is 1.75. The number of thiophene rings is 1. The summed E-state index contributed by atoms with van der Waals surface area (Å²) in [6.07, 6.45) is 4.09. The molecule has 160 valence electrons. The van der Waals surface area contributed by atoms with E-state index in [0.29, 0.717) is 5.69 Å². The van der Waals surface area contributed by atoms with E-state index in [1.165, 1.54) is 22.3 Å². The fourth-order valence-electron chi connectivity index (χ4n) is 4.12. The summed E-state index contributed by atoms with van der Waals surface area (Å²) in [7, 11) is 0. The van der Waals surface area contributed by atoms with Crippen LogP contribution in [0.15, 0.2) is 72.1 Å². The van der Waals surface area contributed by atoms with Crippen LogP contribution in [-0.4, -0.2) is 17.9 Å². The molecule has 1 heterocycles. The number of anilines is 1. The standard InChI is InChI=1S/C25H25FN2O2S/c26-22-15-7-6-14-21(22)24(25(30)27-18-9-4-5-10-18)28(19-11-2-1-3-12-19)23(29)17-20-13-8-16-31-20/h1-3,6-8,11-16,18,24H,4-5,9-10,17H2,(H,27,30). The van der Waals surface area contributed by atoms with Crippen molar-refractivity contribution in [2.24, 2.45) is 0 Å². The number of hydrogen-bond acceptors (Lipinski definition) is 3. The van der Waals surface area contributed by atoms with Gasteiger partial charge in [0.05, 0.1) is 6.42 Å². The number of carbonyl (C=O) groups is 2. The molecule has 1 atom stereocenters. The van der Waals surface area contributed by atoms with Crippen LogP contribution in [0.2, 0.25) is 0 Å². The number of nitrogens with one attached hydrogen (secondary N) is 1. The molecule has 1 saturated carbocycles. The highest BCUT2D eigenvalue weighted by molar-refractivity contribution is 7.10. The summed E-state index contributed by atoms with van der Waals surface area (Å²) < 4.78 is 14.9. The van der Waals surface area contributed by atoms with Crippen molar-refractivity contribution >= 4 is 28.8 Å².